The summed E-state index contributed by atoms with van der Waals surface area (Å²) in [6.45, 7) is 3.50. The third kappa shape index (κ3) is 5.38. The van der Waals surface area contributed by atoms with E-state index in [1.807, 2.05) is 0 Å². The molecule has 0 aliphatic carbocycles. The molecule has 0 saturated carbocycles. The number of nitrogens with two attached hydrogens (primary N) is 1. The second kappa shape index (κ2) is 10.6. The van der Waals surface area contributed by atoms with Gasteiger partial charge in [0, 0.05) is 30.3 Å². The fourth-order valence-electron chi connectivity index (χ4n) is 5.10. The molecule has 1 aromatic heterocycles. The van der Waals surface area contributed by atoms with Crippen LogP contribution in [0.15, 0.2) is 42.5 Å². The Morgan fingerprint density at radius 1 is 1.17 bits per heavy atom. The van der Waals surface area contributed by atoms with Gasteiger partial charge in [0.05, 0.1) is 23.3 Å². The van der Waals surface area contributed by atoms with Gasteiger partial charge in [-0.1, -0.05) is 17.3 Å². The van der Waals surface area contributed by atoms with E-state index >= 15 is 4.39 Å². The average Bonchev–Trinajstić information content (AvgIpc) is 3.52. The zero-order valence-corrected chi connectivity index (χ0v) is 22.2. The number of nitrogens with zero attached hydrogens (tertiary/aromatic N) is 5. The first-order chi connectivity index (χ1) is 19.4. The summed E-state index contributed by atoms with van der Waals surface area (Å²) < 4.78 is 60.5. The molecule has 41 heavy (non-hydrogen) atoms. The zero-order valence-electron chi connectivity index (χ0n) is 22.2. The summed E-state index contributed by atoms with van der Waals surface area (Å²) in [7, 11) is 0. The fraction of sp³-hybridized carbons (Fsp3) is 0.310. The van der Waals surface area contributed by atoms with E-state index in [9.17, 15) is 23.1 Å². The number of carbonyl (C=O) groups excluding carboxylic acids is 1. The van der Waals surface area contributed by atoms with E-state index in [1.165, 1.54) is 50.2 Å². The highest BCUT2D eigenvalue weighted by Gasteiger charge is 2.30. The topological polar surface area (TPSA) is 121 Å². The summed E-state index contributed by atoms with van der Waals surface area (Å²) in [6, 6.07) is 10.9. The van der Waals surface area contributed by atoms with E-state index in [0.29, 0.717) is 19.5 Å². The molecular weight excluding hydrogens is 540 g/mol. The quantitative estimate of drug-likeness (QED) is 0.324. The number of fused-ring (bicyclic) bond motifs is 1. The fourth-order valence-corrected chi connectivity index (χ4v) is 5.10. The number of benzene rings is 3. The predicted octanol–water partition coefficient (Wildman–Crippen LogP) is 4.80. The maximum absolute atomic E-state index is 16.1. The van der Waals surface area contributed by atoms with Crippen molar-refractivity contribution in [3.8, 4) is 28.3 Å². The lowest BCUT2D eigenvalue weighted by atomic mass is 9.90. The molecule has 5 rings (SSSR count). The Morgan fingerprint density at radius 3 is 2.54 bits per heavy atom. The molecule has 1 saturated heterocycles. The summed E-state index contributed by atoms with van der Waals surface area (Å²) in [4.78, 5) is 14.8. The van der Waals surface area contributed by atoms with Gasteiger partial charge in [-0.15, -0.1) is 5.10 Å². The van der Waals surface area contributed by atoms with Crippen LogP contribution >= 0.6 is 0 Å². The number of aliphatic hydroxyl groups is 1. The van der Waals surface area contributed by atoms with E-state index in [0.717, 1.165) is 10.7 Å². The number of hydrogen-bond acceptors (Lipinski definition) is 6. The van der Waals surface area contributed by atoms with Crippen molar-refractivity contribution >= 4 is 16.9 Å². The van der Waals surface area contributed by atoms with Crippen molar-refractivity contribution in [3.63, 3.8) is 0 Å². The third-order valence-electron chi connectivity index (χ3n) is 6.99. The first-order valence-electron chi connectivity index (χ1n) is 12.8. The van der Waals surface area contributed by atoms with Gasteiger partial charge < -0.3 is 15.7 Å². The van der Waals surface area contributed by atoms with Crippen LogP contribution in [-0.4, -0.2) is 55.6 Å². The van der Waals surface area contributed by atoms with Crippen molar-refractivity contribution in [2.24, 2.45) is 5.73 Å². The van der Waals surface area contributed by atoms with E-state index in [1.54, 1.807) is 11.0 Å². The van der Waals surface area contributed by atoms with Crippen LogP contribution < -0.4 is 5.73 Å². The molecule has 3 N–H and O–H groups in total. The molecule has 1 aliphatic heterocycles. The minimum atomic E-state index is -3.26. The number of halogens is 4. The summed E-state index contributed by atoms with van der Waals surface area (Å²) in [5.74, 6) is -2.41. The first-order valence-corrected chi connectivity index (χ1v) is 12.8. The van der Waals surface area contributed by atoms with Gasteiger partial charge in [0.25, 0.3) is 12.3 Å². The molecule has 1 amide bonds. The molecule has 0 spiro atoms. The van der Waals surface area contributed by atoms with Gasteiger partial charge in [0.15, 0.2) is 0 Å². The molecule has 4 aromatic rings. The summed E-state index contributed by atoms with van der Waals surface area (Å²) in [5, 5.41) is 27.2. The van der Waals surface area contributed by atoms with Crippen LogP contribution in [0.25, 0.3) is 33.3 Å². The Balaban J connectivity index is 1.73. The largest absolute Gasteiger partial charge is 0.389 e. The molecule has 0 radical (unpaired) electrons. The van der Waals surface area contributed by atoms with Crippen LogP contribution in [0.2, 0.25) is 0 Å². The normalized spacial score (nSPS) is 15.6. The molecule has 1 atom stereocenters. The molecule has 1 fully saturated rings. The Morgan fingerprint density at radius 2 is 1.93 bits per heavy atom. The Labute approximate surface area is 232 Å². The minimum Gasteiger partial charge on any atom is -0.389 e. The van der Waals surface area contributed by atoms with Crippen molar-refractivity contribution < 1.29 is 27.5 Å². The molecule has 0 bridgehead atoms. The summed E-state index contributed by atoms with van der Waals surface area (Å²) in [5.41, 5.74) is 3.59. The van der Waals surface area contributed by atoms with Crippen LogP contribution in [0.3, 0.4) is 0 Å². The van der Waals surface area contributed by atoms with E-state index < -0.39 is 29.2 Å². The Hall–Kier alpha value is -4.34. The highest BCUT2D eigenvalue weighted by Crippen LogP contribution is 2.41. The lowest BCUT2D eigenvalue weighted by Gasteiger charge is -2.20. The molecule has 2 heterocycles. The number of alkyl halides is 2. The van der Waals surface area contributed by atoms with Gasteiger partial charge >= 0.3 is 0 Å². The zero-order chi connectivity index (χ0) is 29.6. The SMILES string of the molecule is CC(C)(O)Cn1nnc2cc(-c3ccc(C(=O)N4CCC(N)C4)cc3-c3ccc(C#N)c(F)c3)c(F)c(C(F)F)c21. The van der Waals surface area contributed by atoms with Gasteiger partial charge in [0.1, 0.15) is 28.7 Å². The molecule has 212 valence electrons. The van der Waals surface area contributed by atoms with Crippen LogP contribution in [0, 0.1) is 23.0 Å². The summed E-state index contributed by atoms with van der Waals surface area (Å²) in [6.07, 6.45) is -2.62. The highest BCUT2D eigenvalue weighted by atomic mass is 19.3. The van der Waals surface area contributed by atoms with Gasteiger partial charge in [-0.2, -0.15) is 5.26 Å². The lowest BCUT2D eigenvalue weighted by molar-refractivity contribution is 0.0581. The number of amides is 1. The standard InChI is InChI=1S/C29H26F4N6O2/c1-29(2,41)14-39-26-23(36-37-39)11-21(25(31)24(26)27(32)33)19-6-5-16(28(40)38-8-7-18(35)13-38)9-20(19)15-3-4-17(12-34)22(30)10-15/h3-6,9-11,18,27,41H,7-8,13-14,35H2,1-2H3. The number of likely N-dealkylation sites (tertiary alicyclic amines) is 1. The van der Waals surface area contributed by atoms with Crippen LogP contribution in [-0.2, 0) is 6.54 Å². The van der Waals surface area contributed by atoms with Gasteiger partial charge in [-0.3, -0.25) is 4.79 Å². The number of nitriles is 1. The average molecular weight is 567 g/mol. The number of hydrogen-bond donors (Lipinski definition) is 2. The van der Waals surface area contributed by atoms with E-state index in [-0.39, 0.29) is 62.9 Å². The minimum absolute atomic E-state index is 0.0379. The third-order valence-corrected chi connectivity index (χ3v) is 6.99. The van der Waals surface area contributed by atoms with Crippen LogP contribution in [0.1, 0.15) is 48.2 Å². The van der Waals surface area contributed by atoms with Gasteiger partial charge in [-0.05, 0) is 67.3 Å². The second-order valence-electron chi connectivity index (χ2n) is 10.7. The smallest absolute Gasteiger partial charge is 0.268 e. The summed E-state index contributed by atoms with van der Waals surface area (Å²) >= 11 is 0. The second-order valence-corrected chi connectivity index (χ2v) is 10.7. The maximum Gasteiger partial charge on any atom is 0.268 e. The van der Waals surface area contributed by atoms with Gasteiger partial charge in [-0.25, -0.2) is 22.2 Å². The Kier molecular flexibility index (Phi) is 7.27. The Bertz CT molecular complexity index is 1710. The van der Waals surface area contributed by atoms with Crippen LogP contribution in [0.5, 0.6) is 0 Å². The van der Waals surface area contributed by atoms with E-state index in [4.69, 9.17) is 11.0 Å². The molecule has 3 aromatic carbocycles. The number of aromatic nitrogens is 3. The van der Waals surface area contributed by atoms with Crippen molar-refractivity contribution in [2.45, 2.75) is 44.9 Å². The maximum atomic E-state index is 16.1. The van der Waals surface area contributed by atoms with Crippen molar-refractivity contribution in [1.82, 2.24) is 19.9 Å². The molecule has 1 aliphatic rings. The molecule has 12 heteroatoms. The highest BCUT2D eigenvalue weighted by molar-refractivity contribution is 5.99. The molecular formula is C29H26F4N6O2. The molecule has 8 nitrogen and oxygen atoms in total. The molecule has 1 unspecified atom stereocenters. The first kappa shape index (κ1) is 28.2. The van der Waals surface area contributed by atoms with Crippen molar-refractivity contribution in [1.29, 1.82) is 5.26 Å². The van der Waals surface area contributed by atoms with Crippen molar-refractivity contribution in [2.75, 3.05) is 13.1 Å². The lowest BCUT2D eigenvalue weighted by Crippen LogP contribution is -2.31. The monoisotopic (exact) mass is 566 g/mol. The number of carbonyl (C=O) groups is 1. The van der Waals surface area contributed by atoms with Gasteiger partial charge in [0.2, 0.25) is 0 Å². The van der Waals surface area contributed by atoms with Crippen molar-refractivity contribution in [3.05, 3.63) is 70.8 Å². The van der Waals surface area contributed by atoms with Crippen LogP contribution in [0.4, 0.5) is 17.6 Å². The van der Waals surface area contributed by atoms with E-state index in [2.05, 4.69) is 10.3 Å². The predicted molar refractivity (Wildman–Crippen MR) is 143 cm³/mol. The number of rotatable bonds is 6.